The number of alkyl halides is 3. The van der Waals surface area contributed by atoms with Gasteiger partial charge in [0.1, 0.15) is 11.4 Å². The first-order valence-electron chi connectivity index (χ1n) is 12.2. The van der Waals surface area contributed by atoms with Crippen LogP contribution < -0.4 is 5.32 Å². The average Bonchev–Trinajstić information content (AvgIpc) is 3.46. The number of carbonyl (C=O) groups is 2. The van der Waals surface area contributed by atoms with E-state index < -0.39 is 12.1 Å². The molecule has 1 aliphatic heterocycles. The molecule has 1 aliphatic carbocycles. The summed E-state index contributed by atoms with van der Waals surface area (Å²) in [4.78, 5) is 25.7. The van der Waals surface area contributed by atoms with Crippen LogP contribution in [0, 0.1) is 0 Å². The Bertz CT molecular complexity index is 1240. The fourth-order valence-corrected chi connectivity index (χ4v) is 5.20. The van der Waals surface area contributed by atoms with E-state index in [0.717, 1.165) is 48.2 Å². The maximum atomic E-state index is 13.0. The van der Waals surface area contributed by atoms with Crippen molar-refractivity contribution >= 4 is 28.9 Å². The van der Waals surface area contributed by atoms with Crippen LogP contribution in [0.1, 0.15) is 47.8 Å². The molecule has 7 nitrogen and oxygen atoms in total. The molecule has 0 radical (unpaired) electrons. The monoisotopic (exact) mass is 534 g/mol. The van der Waals surface area contributed by atoms with Gasteiger partial charge in [-0.3, -0.25) is 14.4 Å². The molecule has 198 valence electrons. The van der Waals surface area contributed by atoms with Crippen molar-refractivity contribution in [2.75, 3.05) is 18.4 Å². The summed E-state index contributed by atoms with van der Waals surface area (Å²) in [5.74, 6) is -2.86. The molecule has 2 N–H and O–H groups in total. The number of thiophene rings is 1. The van der Waals surface area contributed by atoms with Crippen molar-refractivity contribution in [3.8, 4) is 10.6 Å². The highest BCUT2D eigenvalue weighted by atomic mass is 32.1. The standard InChI is InChI=1S/C24H28N4OS.C2HF3O2/c1-2-28-22(16-21(26-28)23-7-4-14-30-23)24(29)25-19-9-8-17-10-12-27(20-5-3-6-20)13-11-18(17)15-19;3-2(4,5)1(6)7/h4,7-9,14-16,20H,2-3,5-6,10-13H2,1H3,(H,25,29);(H,6,7). The molecule has 11 heteroatoms. The van der Waals surface area contributed by atoms with Gasteiger partial charge < -0.3 is 10.4 Å². The number of anilines is 1. The number of aryl methyl sites for hydroxylation is 1. The van der Waals surface area contributed by atoms with Gasteiger partial charge in [-0.05, 0) is 73.4 Å². The van der Waals surface area contributed by atoms with Crippen LogP contribution in [0.15, 0.2) is 41.8 Å². The normalized spacial score (nSPS) is 16.1. The molecule has 5 rings (SSSR count). The van der Waals surface area contributed by atoms with Crippen LogP contribution in [0.3, 0.4) is 0 Å². The molecule has 3 heterocycles. The van der Waals surface area contributed by atoms with Crippen molar-refractivity contribution in [2.24, 2.45) is 0 Å². The zero-order valence-electron chi connectivity index (χ0n) is 20.4. The zero-order valence-corrected chi connectivity index (χ0v) is 21.2. The summed E-state index contributed by atoms with van der Waals surface area (Å²) in [5, 5.41) is 16.9. The molecule has 1 aromatic carbocycles. The number of carboxylic acids is 1. The van der Waals surface area contributed by atoms with Crippen molar-refractivity contribution in [2.45, 2.75) is 57.8 Å². The lowest BCUT2D eigenvalue weighted by molar-refractivity contribution is -0.192. The number of hydrogen-bond donors (Lipinski definition) is 2. The summed E-state index contributed by atoms with van der Waals surface area (Å²) >= 11 is 1.64. The third-order valence-electron chi connectivity index (χ3n) is 6.72. The van der Waals surface area contributed by atoms with Crippen molar-refractivity contribution in [3.63, 3.8) is 0 Å². The molecular weight excluding hydrogens is 505 g/mol. The largest absolute Gasteiger partial charge is 0.490 e. The molecule has 0 spiro atoms. The molecule has 37 heavy (non-hydrogen) atoms. The van der Waals surface area contributed by atoms with Gasteiger partial charge in [-0.25, -0.2) is 4.79 Å². The summed E-state index contributed by atoms with van der Waals surface area (Å²) in [6.07, 6.45) is 1.18. The Morgan fingerprint density at radius 3 is 2.41 bits per heavy atom. The van der Waals surface area contributed by atoms with Crippen LogP contribution in [-0.2, 0) is 24.2 Å². The molecule has 2 aromatic heterocycles. The molecule has 0 atom stereocenters. The Labute approximate surface area is 216 Å². The van der Waals surface area contributed by atoms with Crippen molar-refractivity contribution in [1.82, 2.24) is 14.7 Å². The number of nitrogens with one attached hydrogen (secondary N) is 1. The second-order valence-electron chi connectivity index (χ2n) is 9.07. The summed E-state index contributed by atoms with van der Waals surface area (Å²) < 4.78 is 33.5. The Balaban J connectivity index is 0.000000405. The highest BCUT2D eigenvalue weighted by Crippen LogP contribution is 2.29. The number of halogens is 3. The minimum absolute atomic E-state index is 0.100. The van der Waals surface area contributed by atoms with Crippen LogP contribution in [0.4, 0.5) is 18.9 Å². The molecule has 1 saturated carbocycles. The lowest BCUT2D eigenvalue weighted by Crippen LogP contribution is -2.41. The fraction of sp³-hybridized carbons (Fsp3) is 0.423. The van der Waals surface area contributed by atoms with Crippen LogP contribution in [0.25, 0.3) is 10.6 Å². The van der Waals surface area contributed by atoms with Gasteiger partial charge in [0.25, 0.3) is 5.91 Å². The van der Waals surface area contributed by atoms with Gasteiger partial charge in [-0.2, -0.15) is 18.3 Å². The first-order chi connectivity index (χ1) is 17.7. The summed E-state index contributed by atoms with van der Waals surface area (Å²) in [6.45, 7) is 4.96. The van der Waals surface area contributed by atoms with Gasteiger partial charge in [0.2, 0.25) is 0 Å². The second-order valence-corrected chi connectivity index (χ2v) is 10.0. The highest BCUT2D eigenvalue weighted by molar-refractivity contribution is 7.13. The van der Waals surface area contributed by atoms with E-state index in [9.17, 15) is 18.0 Å². The maximum Gasteiger partial charge on any atom is 0.490 e. The molecule has 2 aliphatic rings. The van der Waals surface area contributed by atoms with Gasteiger partial charge in [-0.15, -0.1) is 11.3 Å². The lowest BCUT2D eigenvalue weighted by atomic mass is 9.91. The number of hydrogen-bond acceptors (Lipinski definition) is 5. The number of rotatable bonds is 5. The Kier molecular flexibility index (Phi) is 8.33. The fourth-order valence-electron chi connectivity index (χ4n) is 4.52. The van der Waals surface area contributed by atoms with Crippen LogP contribution in [0.2, 0.25) is 0 Å². The Morgan fingerprint density at radius 2 is 1.84 bits per heavy atom. The predicted octanol–water partition coefficient (Wildman–Crippen LogP) is 5.47. The SMILES string of the molecule is CCn1nc(-c2cccs2)cc1C(=O)Nc1ccc2c(c1)CCN(C1CCC1)CC2.O=C(O)C(F)(F)F. The highest BCUT2D eigenvalue weighted by Gasteiger charge is 2.38. The number of amides is 1. The predicted molar refractivity (Wildman–Crippen MR) is 136 cm³/mol. The number of aliphatic carboxylic acids is 1. The van der Waals surface area contributed by atoms with Crippen LogP contribution in [0.5, 0.6) is 0 Å². The second kappa shape index (κ2) is 11.5. The van der Waals surface area contributed by atoms with E-state index in [1.165, 1.54) is 30.4 Å². The quantitative estimate of drug-likeness (QED) is 0.453. The number of carbonyl (C=O) groups excluding carboxylic acids is 1. The smallest absolute Gasteiger partial charge is 0.475 e. The minimum Gasteiger partial charge on any atom is -0.475 e. The molecule has 1 amide bonds. The van der Waals surface area contributed by atoms with Crippen molar-refractivity contribution < 1.29 is 27.9 Å². The van der Waals surface area contributed by atoms with E-state index in [-0.39, 0.29) is 5.91 Å². The first kappa shape index (κ1) is 26.9. The molecular formula is C26H29F3N4O3S. The maximum absolute atomic E-state index is 13.0. The van der Waals surface area contributed by atoms with Crippen molar-refractivity contribution in [1.29, 1.82) is 0 Å². The van der Waals surface area contributed by atoms with Crippen LogP contribution >= 0.6 is 11.3 Å². The van der Waals surface area contributed by atoms with Crippen LogP contribution in [-0.4, -0.2) is 57.0 Å². The summed E-state index contributed by atoms with van der Waals surface area (Å²) in [6, 6.07) is 13.1. The minimum atomic E-state index is -5.08. The van der Waals surface area contributed by atoms with E-state index in [0.29, 0.717) is 12.2 Å². The van der Waals surface area contributed by atoms with E-state index in [1.807, 2.05) is 36.6 Å². The van der Waals surface area contributed by atoms with E-state index in [4.69, 9.17) is 9.90 Å². The van der Waals surface area contributed by atoms with E-state index >= 15 is 0 Å². The first-order valence-corrected chi connectivity index (χ1v) is 13.1. The topological polar surface area (TPSA) is 87.5 Å². The van der Waals surface area contributed by atoms with Gasteiger partial charge in [0.15, 0.2) is 0 Å². The summed E-state index contributed by atoms with van der Waals surface area (Å²) in [7, 11) is 0. The van der Waals surface area contributed by atoms with Crippen molar-refractivity contribution in [3.05, 3.63) is 58.6 Å². The third-order valence-corrected chi connectivity index (χ3v) is 7.61. The van der Waals surface area contributed by atoms with E-state index in [1.54, 1.807) is 16.0 Å². The lowest BCUT2D eigenvalue weighted by Gasteiger charge is -2.36. The number of aromatic nitrogens is 2. The van der Waals surface area contributed by atoms with Gasteiger partial charge in [0.05, 0.1) is 4.88 Å². The van der Waals surface area contributed by atoms with Gasteiger partial charge >= 0.3 is 12.1 Å². The van der Waals surface area contributed by atoms with Gasteiger partial charge in [-0.1, -0.05) is 18.6 Å². The molecule has 0 unspecified atom stereocenters. The summed E-state index contributed by atoms with van der Waals surface area (Å²) in [5.41, 5.74) is 5.13. The number of fused-ring (bicyclic) bond motifs is 1. The molecule has 3 aromatic rings. The third kappa shape index (κ3) is 6.58. The Hall–Kier alpha value is -3.18. The number of benzene rings is 1. The Morgan fingerprint density at radius 1 is 1.14 bits per heavy atom. The zero-order chi connectivity index (χ0) is 26.6. The molecule has 0 saturated heterocycles. The van der Waals surface area contributed by atoms with E-state index in [2.05, 4.69) is 27.4 Å². The molecule has 0 bridgehead atoms. The van der Waals surface area contributed by atoms with Gasteiger partial charge in [0, 0.05) is 31.4 Å². The number of nitrogens with zero attached hydrogens (tertiary/aromatic N) is 3. The molecule has 1 fully saturated rings. The number of carboxylic acid groups (broad SMARTS) is 1. The average molecular weight is 535 g/mol.